The highest BCUT2D eigenvalue weighted by Gasteiger charge is 2.46. The maximum atomic E-state index is 13.5. The number of rotatable bonds is 46. The van der Waals surface area contributed by atoms with Crippen molar-refractivity contribution in [2.24, 2.45) is 56.8 Å². The van der Waals surface area contributed by atoms with Gasteiger partial charge in [-0.3, -0.25) is 0 Å². The molecule has 4 saturated heterocycles. The molecule has 14 atom stereocenters. The van der Waals surface area contributed by atoms with Crippen molar-refractivity contribution in [3.8, 4) is 34.5 Å². The molecule has 5 heterocycles. The van der Waals surface area contributed by atoms with Crippen molar-refractivity contribution >= 4 is 44.2 Å². The van der Waals surface area contributed by atoms with Gasteiger partial charge in [0.05, 0.1) is 69.2 Å². The number of methoxy groups -OCH3 is 3. The molecule has 0 spiro atoms. The molecule has 8 rings (SSSR count). The summed E-state index contributed by atoms with van der Waals surface area (Å²) in [6.45, 7) is 43.3. The Morgan fingerprint density at radius 2 is 1.01 bits per heavy atom. The zero-order chi connectivity index (χ0) is 96.0. The topological polar surface area (TPSA) is 404 Å². The van der Waals surface area contributed by atoms with E-state index in [0.29, 0.717) is 172 Å². The molecule has 33 heteroatoms. The number of unbranched alkanes of at least 4 members (excludes halogenated alkanes) is 3. The average Bonchev–Trinajstić information content (AvgIpc) is 1.50. The molecule has 0 bridgehead atoms. The molecule has 3 aromatic rings. The van der Waals surface area contributed by atoms with E-state index in [4.69, 9.17) is 102 Å². The molecule has 0 aliphatic carbocycles. The van der Waals surface area contributed by atoms with Crippen LogP contribution in [0.1, 0.15) is 229 Å². The van der Waals surface area contributed by atoms with E-state index in [1.807, 2.05) is 118 Å². The van der Waals surface area contributed by atoms with Crippen LogP contribution >= 0.6 is 0 Å². The fraction of sp³-hybridized carbons (Fsp3) is 0.660. The highest BCUT2D eigenvalue weighted by molar-refractivity contribution is 6.76. The maximum absolute atomic E-state index is 13.5. The van der Waals surface area contributed by atoms with Crippen molar-refractivity contribution in [2.45, 2.75) is 273 Å². The molecular weight excluding hydrogens is 1690 g/mol. The summed E-state index contributed by atoms with van der Waals surface area (Å²) in [5.41, 5.74) is 27.6. The van der Waals surface area contributed by atoms with Crippen molar-refractivity contribution < 1.29 is 110 Å². The molecule has 0 aromatic heterocycles. The van der Waals surface area contributed by atoms with Crippen LogP contribution < -0.4 is 28.4 Å². The van der Waals surface area contributed by atoms with Gasteiger partial charge >= 0.3 is 17.9 Å². The van der Waals surface area contributed by atoms with Gasteiger partial charge in [0.15, 0.2) is 37.7 Å². The minimum Gasteiger partial charge on any atom is -0.493 e. The van der Waals surface area contributed by atoms with Crippen LogP contribution in [0.2, 0.25) is 25.7 Å². The molecular formula is C97H149N9O23Si. The summed E-state index contributed by atoms with van der Waals surface area (Å²) >= 11 is 0. The number of ether oxygens (including phenoxy) is 18. The quantitative estimate of drug-likeness (QED) is 0.00775. The van der Waals surface area contributed by atoms with Gasteiger partial charge in [0, 0.05) is 119 Å². The van der Waals surface area contributed by atoms with Gasteiger partial charge < -0.3 is 95.5 Å². The standard InChI is InChI=1S/C35H57N3O7Si.C29H43N3O8.C29H41N3O7.C4H8O/c1-25(2)26(3)16-17-27(4)33-30(44-35(5,6)45-33)15-13-14-28-22-29(41-19-12-11-18-37-38-36)23-31(43-24-40-7)32(28)34(39)42-20-21-46(8,9)10;1-19(21(3)33)12-13-20(2)27-24(39-29(4,5)40-27)11-9-10-22-16-23(37-15-8-7-14-31-32-30)17-25(38-18-36-6)26(22)28(34)35;1-19-12-13-20(2)27-24(38-29(4,5)39-27)11-9-10-22-16-23(35-15-8-7-14-31-32-30)17-25(36-18-34-6)26(22)28(33)37-21(19)3;1-2-4-5-3-1/h13-14,16-17,22-23,25-27,30,33H,11-12,15,18-21,24H2,1-10H3;9-10,12-13,16-17,19-21,24,27,33H,7-8,11,14-15,18H2,1-6H3,(H,34,35);9-10,12-13,16-17,19-21,24,27H,7-8,11,14-15,18H2,1-6H3;1-4H2/b14-13+,17-16-;2*10-9+,13-12-;/t26-,27?,30+,33-;2*19-,20?,21+,24+,27-;/m111./s1. The molecule has 5 aliphatic heterocycles. The summed E-state index contributed by atoms with van der Waals surface area (Å²) in [6, 6.07) is 11.0. The zero-order valence-corrected chi connectivity index (χ0v) is 82.0. The number of hydrogen-bond acceptors (Lipinski definition) is 25. The maximum Gasteiger partial charge on any atom is 0.342 e. The number of carboxylic acid groups (broad SMARTS) is 1. The van der Waals surface area contributed by atoms with Crippen molar-refractivity contribution in [2.75, 3.05) is 101 Å². The number of nitrogens with zero attached hydrogens (tertiary/aromatic N) is 9. The molecule has 32 nitrogen and oxygen atoms in total. The van der Waals surface area contributed by atoms with Crippen molar-refractivity contribution in [1.82, 2.24) is 0 Å². The molecule has 0 saturated carbocycles. The normalized spacial score (nSPS) is 22.6. The molecule has 0 amide bonds. The first kappa shape index (κ1) is 112. The summed E-state index contributed by atoms with van der Waals surface area (Å²) in [6.07, 6.45) is 30.5. The molecule has 130 heavy (non-hydrogen) atoms. The van der Waals surface area contributed by atoms with Gasteiger partial charge in [-0.15, -0.1) is 0 Å². The first-order chi connectivity index (χ1) is 61.8. The van der Waals surface area contributed by atoms with Crippen LogP contribution in [0.25, 0.3) is 49.6 Å². The molecule has 3 unspecified atom stereocenters. The number of aliphatic hydroxyl groups excluding tert-OH is 1. The smallest absolute Gasteiger partial charge is 0.342 e. The van der Waals surface area contributed by atoms with Crippen LogP contribution in [0.5, 0.6) is 34.5 Å². The lowest BCUT2D eigenvalue weighted by Gasteiger charge is -2.23. The van der Waals surface area contributed by atoms with E-state index < -0.39 is 49.4 Å². The van der Waals surface area contributed by atoms with E-state index in [0.717, 1.165) is 19.3 Å². The Morgan fingerprint density at radius 3 is 1.45 bits per heavy atom. The number of allylic oxidation sites excluding steroid dienone is 1. The minimum absolute atomic E-state index is 0.00658. The van der Waals surface area contributed by atoms with Crippen LogP contribution in [-0.2, 0) is 56.8 Å². The number of cyclic esters (lactones) is 1. The lowest BCUT2D eigenvalue weighted by atomic mass is 9.92. The van der Waals surface area contributed by atoms with Gasteiger partial charge in [0.25, 0.3) is 0 Å². The van der Waals surface area contributed by atoms with Crippen LogP contribution in [0, 0.1) is 41.4 Å². The van der Waals surface area contributed by atoms with Crippen LogP contribution in [-0.4, -0.2) is 203 Å². The molecule has 3 aromatic carbocycles. The highest BCUT2D eigenvalue weighted by atomic mass is 28.3. The van der Waals surface area contributed by atoms with Crippen LogP contribution in [0.15, 0.2) is 106 Å². The van der Waals surface area contributed by atoms with Crippen molar-refractivity contribution in [1.29, 1.82) is 0 Å². The number of esters is 2. The third-order valence-electron chi connectivity index (χ3n) is 22.0. The average molecular weight is 1840 g/mol. The molecule has 5 aliphatic rings. The van der Waals surface area contributed by atoms with Crippen molar-refractivity contribution in [3.05, 3.63) is 156 Å². The predicted molar refractivity (Wildman–Crippen MR) is 505 cm³/mol. The summed E-state index contributed by atoms with van der Waals surface area (Å²) in [5, 5.41) is 30.4. The Morgan fingerprint density at radius 1 is 0.562 bits per heavy atom. The third-order valence-corrected chi connectivity index (χ3v) is 23.7. The minimum atomic E-state index is -1.41. The zero-order valence-electron chi connectivity index (χ0n) is 81.0. The first-order valence-corrected chi connectivity index (χ1v) is 49.3. The van der Waals surface area contributed by atoms with Crippen molar-refractivity contribution in [3.63, 3.8) is 0 Å². The first-order valence-electron chi connectivity index (χ1n) is 45.6. The molecule has 0 radical (unpaired) electrons. The Kier molecular flexibility index (Phi) is 49.9. The lowest BCUT2D eigenvalue weighted by Crippen LogP contribution is -2.29. The van der Waals surface area contributed by atoms with E-state index in [-0.39, 0.29) is 104 Å². The number of fused-ring (bicyclic) bond motifs is 2. The summed E-state index contributed by atoms with van der Waals surface area (Å²) < 4.78 is 105. The highest BCUT2D eigenvalue weighted by Crippen LogP contribution is 2.41. The molecule has 2 N–H and O–H groups in total. The SMILES string of the molecule is C1CCOC1.COCOc1cc(OCCCCN=[N+]=[N-])cc(/C=C/C[C@@H]2OC(C)(C)O[C@@H]2C(C)/C=C\[C@@H](C)C(C)C)c1C(=O)OCC[Si](C)(C)C.COCOc1cc(OCCCCN=[N+]=[N-])cc(/C=C/C[C@@H]2OC(C)(C)O[C@@H]2C(C)/C=C\[C@@H](C)[C@H](C)O)c1C(=O)O.COCOc1cc(OCCCCN=[N+]=[N-])cc2c1C(=O)O[C@@H](C)[C@H](C)/C=C\C(C)[C@H]1OC(C)(C)O[C@H]1C/C=C/2. The third kappa shape index (κ3) is 40.6. The molecule has 4 fully saturated rings. The summed E-state index contributed by atoms with van der Waals surface area (Å²) in [4.78, 5) is 47.5. The monoisotopic (exact) mass is 1840 g/mol. The van der Waals surface area contributed by atoms with Crippen LogP contribution in [0.4, 0.5) is 0 Å². The number of aliphatic hydroxyl groups is 1. The number of hydrogen-bond donors (Lipinski definition) is 2. The second kappa shape index (κ2) is 58.1. The number of carboxylic acids is 1. The van der Waals surface area contributed by atoms with E-state index >= 15 is 0 Å². The Labute approximate surface area is 771 Å². The van der Waals surface area contributed by atoms with Gasteiger partial charge in [-0.2, -0.15) is 0 Å². The Balaban J connectivity index is 0.000000336. The second-order valence-electron chi connectivity index (χ2n) is 36.1. The fourth-order valence-electron chi connectivity index (χ4n) is 14.2. The molecule has 724 valence electrons. The van der Waals surface area contributed by atoms with Gasteiger partial charge in [0.2, 0.25) is 0 Å². The van der Waals surface area contributed by atoms with E-state index in [2.05, 4.69) is 109 Å². The van der Waals surface area contributed by atoms with Gasteiger partial charge in [-0.25, -0.2) is 14.4 Å². The summed E-state index contributed by atoms with van der Waals surface area (Å²) in [7, 11) is 3.08. The number of benzene rings is 3. The van der Waals surface area contributed by atoms with Crippen LogP contribution in [0.3, 0.4) is 0 Å². The number of azide groups is 3. The van der Waals surface area contributed by atoms with Gasteiger partial charge in [-0.05, 0) is 201 Å². The van der Waals surface area contributed by atoms with E-state index in [1.54, 1.807) is 37.3 Å². The predicted octanol–water partition coefficient (Wildman–Crippen LogP) is 22.3. The Bertz CT molecular complexity index is 4270. The van der Waals surface area contributed by atoms with E-state index in [1.165, 1.54) is 40.2 Å². The van der Waals surface area contributed by atoms with Gasteiger partial charge in [-0.1, -0.05) is 163 Å². The number of aromatic carboxylic acids is 1. The Hall–Kier alpha value is -8.98. The largest absolute Gasteiger partial charge is 0.493 e. The number of carbonyl (C=O) groups is 3. The number of carbonyl (C=O) groups excluding carboxylic acids is 2. The lowest BCUT2D eigenvalue weighted by molar-refractivity contribution is -0.148. The second-order valence-corrected chi connectivity index (χ2v) is 41.8. The van der Waals surface area contributed by atoms with Gasteiger partial charge in [0.1, 0.15) is 57.3 Å². The summed E-state index contributed by atoms with van der Waals surface area (Å²) in [5.74, 6) is -0.621. The fourth-order valence-corrected chi connectivity index (χ4v) is 14.9. The van der Waals surface area contributed by atoms with E-state index in [9.17, 15) is 24.6 Å².